The molecule has 3 aliphatic rings. The second-order valence-electron chi connectivity index (χ2n) is 7.51. The minimum absolute atomic E-state index is 0.415. The number of morpholine rings is 1. The van der Waals surface area contributed by atoms with E-state index in [9.17, 15) is 0 Å². The summed E-state index contributed by atoms with van der Waals surface area (Å²) in [7, 11) is 0. The van der Waals surface area contributed by atoms with Crippen LogP contribution in [-0.2, 0) is 4.74 Å². The third-order valence-electron chi connectivity index (χ3n) is 5.19. The van der Waals surface area contributed by atoms with Crippen molar-refractivity contribution >= 4 is 0 Å². The van der Waals surface area contributed by atoms with E-state index < -0.39 is 0 Å². The first-order chi connectivity index (χ1) is 8.52. The molecule has 3 heteroatoms. The van der Waals surface area contributed by atoms with Crippen molar-refractivity contribution in [2.24, 2.45) is 17.1 Å². The summed E-state index contributed by atoms with van der Waals surface area (Å²) >= 11 is 0. The number of ether oxygens (including phenoxy) is 1. The van der Waals surface area contributed by atoms with E-state index in [1.807, 2.05) is 0 Å². The molecule has 18 heavy (non-hydrogen) atoms. The van der Waals surface area contributed by atoms with Crippen LogP contribution in [0.15, 0.2) is 0 Å². The van der Waals surface area contributed by atoms with Gasteiger partial charge in [-0.15, -0.1) is 0 Å². The van der Waals surface area contributed by atoms with Crippen LogP contribution in [0.5, 0.6) is 0 Å². The molecule has 2 N–H and O–H groups in total. The Morgan fingerprint density at radius 2 is 1.83 bits per heavy atom. The first-order valence-electron chi connectivity index (χ1n) is 7.65. The lowest BCUT2D eigenvalue weighted by atomic mass is 9.70. The van der Waals surface area contributed by atoms with Gasteiger partial charge in [-0.25, -0.2) is 0 Å². The minimum Gasteiger partial charge on any atom is -0.372 e. The summed E-state index contributed by atoms with van der Waals surface area (Å²) in [6.45, 7) is 8.27. The van der Waals surface area contributed by atoms with Gasteiger partial charge in [0.25, 0.3) is 0 Å². The predicted molar refractivity (Wildman–Crippen MR) is 73.4 cm³/mol. The van der Waals surface area contributed by atoms with Gasteiger partial charge in [-0.3, -0.25) is 4.90 Å². The van der Waals surface area contributed by atoms with Gasteiger partial charge in [0.2, 0.25) is 0 Å². The van der Waals surface area contributed by atoms with Crippen LogP contribution in [0, 0.1) is 11.3 Å². The maximum Gasteiger partial charge on any atom is 0.0707 e. The van der Waals surface area contributed by atoms with E-state index in [1.54, 1.807) is 0 Å². The number of fused-ring (bicyclic) bond motifs is 2. The topological polar surface area (TPSA) is 38.5 Å². The summed E-state index contributed by atoms with van der Waals surface area (Å²) in [5, 5.41) is 0. The Morgan fingerprint density at radius 1 is 1.17 bits per heavy atom. The normalized spacial score (nSPS) is 44.2. The zero-order valence-electron chi connectivity index (χ0n) is 11.9. The highest BCUT2D eigenvalue weighted by atomic mass is 16.5. The molecule has 1 saturated carbocycles. The number of nitrogens with two attached hydrogens (primary N) is 1. The lowest BCUT2D eigenvalue weighted by Crippen LogP contribution is -2.49. The molecule has 3 fully saturated rings. The fourth-order valence-electron chi connectivity index (χ4n) is 4.14. The van der Waals surface area contributed by atoms with Crippen molar-refractivity contribution in [3.8, 4) is 0 Å². The summed E-state index contributed by atoms with van der Waals surface area (Å²) in [5.41, 5.74) is 6.84. The lowest BCUT2D eigenvalue weighted by Gasteiger charge is -2.42. The van der Waals surface area contributed by atoms with Crippen LogP contribution in [0.3, 0.4) is 0 Å². The van der Waals surface area contributed by atoms with Gasteiger partial charge in [-0.1, -0.05) is 13.8 Å². The molecule has 2 heterocycles. The highest BCUT2D eigenvalue weighted by Crippen LogP contribution is 2.39. The largest absolute Gasteiger partial charge is 0.372 e. The molecule has 4 unspecified atom stereocenters. The van der Waals surface area contributed by atoms with Gasteiger partial charge in [0.1, 0.15) is 0 Å². The second-order valence-corrected chi connectivity index (χ2v) is 7.51. The van der Waals surface area contributed by atoms with Crippen LogP contribution in [0.2, 0.25) is 0 Å². The van der Waals surface area contributed by atoms with Gasteiger partial charge in [-0.05, 0) is 43.4 Å². The molecule has 2 saturated heterocycles. The third-order valence-corrected chi connectivity index (χ3v) is 5.19. The molecule has 0 radical (unpaired) electrons. The Balaban J connectivity index is 1.58. The quantitative estimate of drug-likeness (QED) is 0.817. The van der Waals surface area contributed by atoms with Gasteiger partial charge in [0, 0.05) is 25.7 Å². The fraction of sp³-hybridized carbons (Fsp3) is 1.00. The second kappa shape index (κ2) is 4.77. The lowest BCUT2D eigenvalue weighted by molar-refractivity contribution is -0.0473. The van der Waals surface area contributed by atoms with Gasteiger partial charge >= 0.3 is 0 Å². The summed E-state index contributed by atoms with van der Waals surface area (Å²) in [4.78, 5) is 2.62. The Labute approximate surface area is 111 Å². The van der Waals surface area contributed by atoms with Gasteiger partial charge in [-0.2, -0.15) is 0 Å². The van der Waals surface area contributed by atoms with Crippen LogP contribution in [0.25, 0.3) is 0 Å². The van der Waals surface area contributed by atoms with E-state index in [4.69, 9.17) is 10.5 Å². The molecule has 2 aliphatic heterocycles. The number of nitrogens with zero attached hydrogens (tertiary/aromatic N) is 1. The molecule has 1 aliphatic carbocycles. The Bertz CT molecular complexity index is 293. The highest BCUT2D eigenvalue weighted by molar-refractivity contribution is 4.91. The fourth-order valence-corrected chi connectivity index (χ4v) is 4.14. The first kappa shape index (κ1) is 12.9. The molecule has 0 spiro atoms. The number of rotatable bonds is 2. The molecule has 0 aromatic rings. The third kappa shape index (κ3) is 2.73. The Morgan fingerprint density at radius 3 is 2.50 bits per heavy atom. The molecule has 0 amide bonds. The molecule has 104 valence electrons. The number of likely N-dealkylation sites (tertiary alicyclic amines) is 1. The molecular formula is C15H28N2O. The smallest absolute Gasteiger partial charge is 0.0707 e. The summed E-state index contributed by atoms with van der Waals surface area (Å²) in [6.07, 6.45) is 7.34. The van der Waals surface area contributed by atoms with E-state index >= 15 is 0 Å². The monoisotopic (exact) mass is 252 g/mol. The number of hydrogen-bond donors (Lipinski definition) is 1. The highest BCUT2D eigenvalue weighted by Gasteiger charge is 2.38. The molecule has 0 aromatic heterocycles. The molecule has 2 bridgehead atoms. The maximum absolute atomic E-state index is 6.34. The minimum atomic E-state index is 0.415. The van der Waals surface area contributed by atoms with Crippen LogP contribution in [0.1, 0.15) is 46.0 Å². The van der Waals surface area contributed by atoms with Gasteiger partial charge in [0.15, 0.2) is 0 Å². The summed E-state index contributed by atoms with van der Waals surface area (Å²) in [6, 6.07) is 0.415. The van der Waals surface area contributed by atoms with Crippen LogP contribution < -0.4 is 5.73 Å². The van der Waals surface area contributed by atoms with Gasteiger partial charge < -0.3 is 10.5 Å². The Kier molecular flexibility index (Phi) is 3.41. The standard InChI is InChI=1S/C15H28N2O/c1-15(2)6-5-14(16)11(7-15)8-17-9-12-3-4-13(10-17)18-12/h11-14H,3-10,16H2,1-2H3. The zero-order chi connectivity index (χ0) is 12.8. The first-order valence-corrected chi connectivity index (χ1v) is 7.65. The van der Waals surface area contributed by atoms with Crippen molar-refractivity contribution in [1.29, 1.82) is 0 Å². The van der Waals surface area contributed by atoms with Crippen molar-refractivity contribution in [2.75, 3.05) is 19.6 Å². The predicted octanol–water partition coefficient (Wildman–Crippen LogP) is 2.00. The summed E-state index contributed by atoms with van der Waals surface area (Å²) in [5.74, 6) is 0.686. The van der Waals surface area contributed by atoms with Crippen molar-refractivity contribution in [1.82, 2.24) is 4.90 Å². The SMILES string of the molecule is CC1(C)CCC(N)C(CN2CC3CCC(C2)O3)C1. The average Bonchev–Trinajstić information content (AvgIpc) is 2.63. The molecule has 4 atom stereocenters. The summed E-state index contributed by atoms with van der Waals surface area (Å²) < 4.78 is 5.91. The van der Waals surface area contributed by atoms with Crippen LogP contribution in [0.4, 0.5) is 0 Å². The van der Waals surface area contributed by atoms with Crippen molar-refractivity contribution in [3.05, 3.63) is 0 Å². The van der Waals surface area contributed by atoms with Crippen LogP contribution in [-0.4, -0.2) is 42.8 Å². The van der Waals surface area contributed by atoms with Crippen molar-refractivity contribution in [3.63, 3.8) is 0 Å². The average molecular weight is 252 g/mol. The number of hydrogen-bond acceptors (Lipinski definition) is 3. The van der Waals surface area contributed by atoms with Crippen LogP contribution >= 0.6 is 0 Å². The Hall–Kier alpha value is -0.120. The van der Waals surface area contributed by atoms with Gasteiger partial charge in [0.05, 0.1) is 12.2 Å². The van der Waals surface area contributed by atoms with E-state index in [1.165, 1.54) is 38.6 Å². The van der Waals surface area contributed by atoms with E-state index in [0.717, 1.165) is 13.1 Å². The maximum atomic E-state index is 6.34. The molecule has 3 rings (SSSR count). The van der Waals surface area contributed by atoms with E-state index in [2.05, 4.69) is 18.7 Å². The zero-order valence-corrected chi connectivity index (χ0v) is 11.9. The van der Waals surface area contributed by atoms with E-state index in [0.29, 0.717) is 29.6 Å². The van der Waals surface area contributed by atoms with Crippen molar-refractivity contribution in [2.45, 2.75) is 64.2 Å². The molecule has 3 nitrogen and oxygen atoms in total. The molecular weight excluding hydrogens is 224 g/mol. The van der Waals surface area contributed by atoms with E-state index in [-0.39, 0.29) is 0 Å². The molecule has 0 aromatic carbocycles. The van der Waals surface area contributed by atoms with Crippen molar-refractivity contribution < 1.29 is 4.74 Å².